The number of carbonyl (C=O) groups excluding carboxylic acids is 2. The van der Waals surface area contributed by atoms with E-state index in [9.17, 15) is 9.59 Å². The standard InChI is InChI=1S/C12H12ClIN2O2/c13-9-5-7(1-4-10(9)14)12(18)15-6-11(17)16-8-2-3-8/h1,4-5,8H,2-3,6H2,(H,15,18)(H,16,17). The third kappa shape index (κ3) is 3.84. The van der Waals surface area contributed by atoms with Gasteiger partial charge in [0, 0.05) is 15.2 Å². The van der Waals surface area contributed by atoms with Gasteiger partial charge in [0.2, 0.25) is 5.91 Å². The maximum absolute atomic E-state index is 11.8. The summed E-state index contributed by atoms with van der Waals surface area (Å²) in [5, 5.41) is 5.90. The van der Waals surface area contributed by atoms with E-state index in [2.05, 4.69) is 33.2 Å². The minimum atomic E-state index is -0.292. The molecule has 6 heteroatoms. The first-order valence-electron chi connectivity index (χ1n) is 5.59. The lowest BCUT2D eigenvalue weighted by Crippen LogP contribution is -2.37. The van der Waals surface area contributed by atoms with E-state index >= 15 is 0 Å². The van der Waals surface area contributed by atoms with Gasteiger partial charge in [0.25, 0.3) is 5.91 Å². The molecular formula is C12H12ClIN2O2. The van der Waals surface area contributed by atoms with Gasteiger partial charge < -0.3 is 10.6 Å². The smallest absolute Gasteiger partial charge is 0.251 e. The highest BCUT2D eigenvalue weighted by molar-refractivity contribution is 14.1. The van der Waals surface area contributed by atoms with Crippen molar-refractivity contribution in [3.63, 3.8) is 0 Å². The minimum absolute atomic E-state index is 0.00105. The Morgan fingerprint density at radius 2 is 2.11 bits per heavy atom. The van der Waals surface area contributed by atoms with Crippen molar-refractivity contribution in [3.8, 4) is 0 Å². The fourth-order valence-electron chi connectivity index (χ4n) is 1.41. The molecule has 1 aromatic rings. The second kappa shape index (κ2) is 5.88. The third-order valence-corrected chi connectivity index (χ3v) is 4.11. The van der Waals surface area contributed by atoms with Crippen LogP contribution in [0.15, 0.2) is 18.2 Å². The number of halogens is 2. The van der Waals surface area contributed by atoms with Gasteiger partial charge in [-0.3, -0.25) is 9.59 Å². The lowest BCUT2D eigenvalue weighted by molar-refractivity contribution is -0.120. The highest BCUT2D eigenvalue weighted by atomic mass is 127. The van der Waals surface area contributed by atoms with E-state index in [1.54, 1.807) is 18.2 Å². The Bertz CT molecular complexity index is 489. The molecular weight excluding hydrogens is 367 g/mol. The van der Waals surface area contributed by atoms with Crippen LogP contribution in [-0.2, 0) is 4.79 Å². The first kappa shape index (κ1) is 13.6. The molecule has 0 radical (unpaired) electrons. The molecule has 4 nitrogen and oxygen atoms in total. The van der Waals surface area contributed by atoms with Crippen LogP contribution in [0.5, 0.6) is 0 Å². The minimum Gasteiger partial charge on any atom is -0.352 e. The molecule has 0 aromatic heterocycles. The van der Waals surface area contributed by atoms with E-state index < -0.39 is 0 Å². The number of rotatable bonds is 4. The predicted molar refractivity (Wildman–Crippen MR) is 77.7 cm³/mol. The van der Waals surface area contributed by atoms with E-state index in [0.29, 0.717) is 16.6 Å². The molecule has 2 rings (SSSR count). The average molecular weight is 379 g/mol. The molecule has 0 bridgehead atoms. The fourth-order valence-corrected chi connectivity index (χ4v) is 1.92. The van der Waals surface area contributed by atoms with Crippen LogP contribution in [0.3, 0.4) is 0 Å². The molecule has 1 saturated carbocycles. The van der Waals surface area contributed by atoms with Crippen molar-refractivity contribution in [2.75, 3.05) is 6.54 Å². The van der Waals surface area contributed by atoms with Crippen LogP contribution in [-0.4, -0.2) is 24.4 Å². The van der Waals surface area contributed by atoms with Crippen LogP contribution >= 0.6 is 34.2 Å². The molecule has 1 aliphatic rings. The SMILES string of the molecule is O=C(CNC(=O)c1ccc(I)c(Cl)c1)NC1CC1. The van der Waals surface area contributed by atoms with Crippen molar-refractivity contribution in [3.05, 3.63) is 32.4 Å². The summed E-state index contributed by atoms with van der Waals surface area (Å²) in [6, 6.07) is 5.35. The quantitative estimate of drug-likeness (QED) is 0.787. The number of hydrogen-bond donors (Lipinski definition) is 2. The topological polar surface area (TPSA) is 58.2 Å². The van der Waals surface area contributed by atoms with Crippen molar-refractivity contribution in [2.24, 2.45) is 0 Å². The largest absolute Gasteiger partial charge is 0.352 e. The zero-order valence-corrected chi connectivity index (χ0v) is 12.4. The molecule has 0 aliphatic heterocycles. The molecule has 1 aromatic carbocycles. The summed E-state index contributed by atoms with van der Waals surface area (Å²) in [6.45, 7) is -0.00105. The van der Waals surface area contributed by atoms with Crippen LogP contribution in [0.1, 0.15) is 23.2 Å². The molecule has 1 fully saturated rings. The fraction of sp³-hybridized carbons (Fsp3) is 0.333. The molecule has 2 amide bonds. The summed E-state index contributed by atoms with van der Waals surface area (Å²) >= 11 is 8.02. The van der Waals surface area contributed by atoms with Gasteiger partial charge >= 0.3 is 0 Å². The Hall–Kier alpha value is -0.820. The van der Waals surface area contributed by atoms with Gasteiger partial charge in [-0.05, 0) is 53.6 Å². The Labute approximate surface area is 124 Å². The lowest BCUT2D eigenvalue weighted by atomic mass is 10.2. The van der Waals surface area contributed by atoms with Crippen molar-refractivity contribution < 1.29 is 9.59 Å². The van der Waals surface area contributed by atoms with Crippen molar-refractivity contribution >= 4 is 46.0 Å². The van der Waals surface area contributed by atoms with E-state index in [1.165, 1.54) is 0 Å². The zero-order valence-electron chi connectivity index (χ0n) is 9.50. The first-order valence-corrected chi connectivity index (χ1v) is 7.04. The van der Waals surface area contributed by atoms with E-state index in [0.717, 1.165) is 16.4 Å². The molecule has 2 N–H and O–H groups in total. The highest BCUT2D eigenvalue weighted by Crippen LogP contribution is 2.19. The Morgan fingerprint density at radius 3 is 2.72 bits per heavy atom. The summed E-state index contributed by atoms with van der Waals surface area (Å²) in [6.07, 6.45) is 2.07. The maximum atomic E-state index is 11.8. The average Bonchev–Trinajstić information content (AvgIpc) is 3.13. The summed E-state index contributed by atoms with van der Waals surface area (Å²) in [5.74, 6) is -0.443. The number of nitrogens with one attached hydrogen (secondary N) is 2. The second-order valence-corrected chi connectivity index (χ2v) is 5.72. The van der Waals surface area contributed by atoms with Gasteiger partial charge in [0.1, 0.15) is 0 Å². The van der Waals surface area contributed by atoms with Crippen molar-refractivity contribution in [1.82, 2.24) is 10.6 Å². The van der Waals surface area contributed by atoms with Gasteiger partial charge in [0.05, 0.1) is 11.6 Å². The van der Waals surface area contributed by atoms with Crippen LogP contribution in [0.25, 0.3) is 0 Å². The number of hydrogen-bond acceptors (Lipinski definition) is 2. The molecule has 96 valence electrons. The van der Waals surface area contributed by atoms with Gasteiger partial charge in [0.15, 0.2) is 0 Å². The van der Waals surface area contributed by atoms with Gasteiger partial charge in [-0.15, -0.1) is 0 Å². The molecule has 0 atom stereocenters. The van der Waals surface area contributed by atoms with Crippen molar-refractivity contribution in [1.29, 1.82) is 0 Å². The Morgan fingerprint density at radius 1 is 1.39 bits per heavy atom. The lowest BCUT2D eigenvalue weighted by Gasteiger charge is -2.06. The van der Waals surface area contributed by atoms with Crippen LogP contribution in [0, 0.1) is 3.57 Å². The molecule has 0 unspecified atom stereocenters. The predicted octanol–water partition coefficient (Wildman–Crippen LogP) is 1.95. The third-order valence-electron chi connectivity index (χ3n) is 2.53. The first-order chi connectivity index (χ1) is 8.56. The number of carbonyl (C=O) groups is 2. The van der Waals surface area contributed by atoms with Gasteiger partial charge in [-0.1, -0.05) is 11.6 Å². The van der Waals surface area contributed by atoms with Gasteiger partial charge in [-0.25, -0.2) is 0 Å². The van der Waals surface area contributed by atoms with Crippen LogP contribution < -0.4 is 10.6 Å². The molecule has 0 saturated heterocycles. The van der Waals surface area contributed by atoms with E-state index in [4.69, 9.17) is 11.6 Å². The molecule has 0 heterocycles. The number of amides is 2. The normalized spacial score (nSPS) is 14.1. The molecule has 18 heavy (non-hydrogen) atoms. The second-order valence-electron chi connectivity index (χ2n) is 4.15. The zero-order chi connectivity index (χ0) is 13.1. The molecule has 1 aliphatic carbocycles. The Kier molecular flexibility index (Phi) is 4.45. The van der Waals surface area contributed by atoms with Crippen LogP contribution in [0.4, 0.5) is 0 Å². The summed E-state index contributed by atoms with van der Waals surface area (Å²) in [5.41, 5.74) is 0.458. The van der Waals surface area contributed by atoms with Crippen LogP contribution in [0.2, 0.25) is 5.02 Å². The van der Waals surface area contributed by atoms with E-state index in [-0.39, 0.29) is 18.4 Å². The Balaban J connectivity index is 1.86. The maximum Gasteiger partial charge on any atom is 0.251 e. The van der Waals surface area contributed by atoms with Crippen molar-refractivity contribution in [2.45, 2.75) is 18.9 Å². The summed E-state index contributed by atoms with van der Waals surface area (Å²) < 4.78 is 0.886. The monoisotopic (exact) mass is 378 g/mol. The highest BCUT2D eigenvalue weighted by Gasteiger charge is 2.23. The summed E-state index contributed by atoms with van der Waals surface area (Å²) in [4.78, 5) is 23.2. The number of benzene rings is 1. The summed E-state index contributed by atoms with van der Waals surface area (Å²) in [7, 11) is 0. The van der Waals surface area contributed by atoms with Gasteiger partial charge in [-0.2, -0.15) is 0 Å². The molecule has 0 spiro atoms. The van der Waals surface area contributed by atoms with E-state index in [1.807, 2.05) is 0 Å².